The molecule has 2 unspecified atom stereocenters. The van der Waals surface area contributed by atoms with Gasteiger partial charge in [0.25, 0.3) is 0 Å². The van der Waals surface area contributed by atoms with Crippen LogP contribution < -0.4 is 0 Å². The van der Waals surface area contributed by atoms with Gasteiger partial charge in [-0.2, -0.15) is 0 Å². The van der Waals surface area contributed by atoms with Crippen molar-refractivity contribution < 1.29 is 9.59 Å². The van der Waals surface area contributed by atoms with E-state index < -0.39 is 0 Å². The molecule has 1 fully saturated rings. The van der Waals surface area contributed by atoms with Crippen LogP contribution in [-0.2, 0) is 9.59 Å². The predicted molar refractivity (Wildman–Crippen MR) is 67.7 cm³/mol. The summed E-state index contributed by atoms with van der Waals surface area (Å²) in [5.74, 6) is 1.28. The normalized spacial score (nSPS) is 32.9. The van der Waals surface area contributed by atoms with Gasteiger partial charge in [-0.15, -0.1) is 0 Å². The molecule has 0 N–H and O–H groups in total. The predicted octanol–water partition coefficient (Wildman–Crippen LogP) is 3.45. The van der Waals surface area contributed by atoms with Crippen LogP contribution in [0.5, 0.6) is 0 Å². The average Bonchev–Trinajstić information content (AvgIpc) is 2.27. The van der Waals surface area contributed by atoms with Crippen molar-refractivity contribution in [2.45, 2.75) is 58.8 Å². The zero-order chi connectivity index (χ0) is 12.5. The van der Waals surface area contributed by atoms with E-state index in [2.05, 4.69) is 6.92 Å². The van der Waals surface area contributed by atoms with Crippen LogP contribution in [0.3, 0.4) is 0 Å². The lowest BCUT2D eigenvalue weighted by Crippen LogP contribution is -2.32. The Kier molecular flexibility index (Phi) is 3.50. The number of Topliss-reactive ketones (excluding diaryl/α,β-unsaturated/α-hetero) is 1. The number of carbonyl (C=O) groups excluding carboxylic acids is 2. The molecule has 2 rings (SSSR count). The molecule has 17 heavy (non-hydrogen) atoms. The third kappa shape index (κ3) is 2.85. The van der Waals surface area contributed by atoms with Crippen molar-refractivity contribution in [1.29, 1.82) is 0 Å². The lowest BCUT2D eigenvalue weighted by atomic mass is 9.62. The fraction of sp³-hybridized carbons (Fsp3) is 0.733. The highest BCUT2D eigenvalue weighted by Gasteiger charge is 2.38. The zero-order valence-corrected chi connectivity index (χ0v) is 10.9. The highest BCUT2D eigenvalue weighted by molar-refractivity contribution is 5.91. The van der Waals surface area contributed by atoms with Crippen molar-refractivity contribution in [3.63, 3.8) is 0 Å². The Morgan fingerprint density at radius 1 is 1.47 bits per heavy atom. The van der Waals surface area contributed by atoms with Crippen molar-refractivity contribution in [1.82, 2.24) is 0 Å². The summed E-state index contributed by atoms with van der Waals surface area (Å²) in [7, 11) is 0. The van der Waals surface area contributed by atoms with E-state index in [4.69, 9.17) is 0 Å². The monoisotopic (exact) mass is 234 g/mol. The highest BCUT2D eigenvalue weighted by Crippen LogP contribution is 2.49. The molecule has 0 bridgehead atoms. The summed E-state index contributed by atoms with van der Waals surface area (Å²) >= 11 is 0. The number of hydrogen-bond donors (Lipinski definition) is 0. The lowest BCUT2D eigenvalue weighted by Gasteiger charge is -2.42. The number of rotatable bonds is 3. The Bertz CT molecular complexity index is 367. The second-order valence-electron chi connectivity index (χ2n) is 6.05. The number of hydrogen-bond acceptors (Lipinski definition) is 2. The molecule has 0 aromatic carbocycles. The van der Waals surface area contributed by atoms with Crippen LogP contribution in [0.4, 0.5) is 0 Å². The van der Waals surface area contributed by atoms with Gasteiger partial charge in [0.05, 0.1) is 0 Å². The van der Waals surface area contributed by atoms with Gasteiger partial charge in [0.2, 0.25) is 0 Å². The van der Waals surface area contributed by atoms with E-state index in [0.717, 1.165) is 32.1 Å². The third-order valence-electron chi connectivity index (χ3n) is 4.50. The molecule has 1 saturated carbocycles. The molecule has 0 radical (unpaired) electrons. The summed E-state index contributed by atoms with van der Waals surface area (Å²) in [5, 5.41) is 0. The molecule has 0 aromatic heterocycles. The van der Waals surface area contributed by atoms with E-state index >= 15 is 0 Å². The first-order valence-electron chi connectivity index (χ1n) is 6.73. The van der Waals surface area contributed by atoms with Gasteiger partial charge in [-0.05, 0) is 56.4 Å². The largest absolute Gasteiger partial charge is 0.300 e. The Labute approximate surface area is 103 Å². The maximum absolute atomic E-state index is 11.4. The summed E-state index contributed by atoms with van der Waals surface area (Å²) in [6.45, 7) is 3.97. The molecule has 94 valence electrons. The minimum Gasteiger partial charge on any atom is -0.300 e. The molecule has 0 aromatic rings. The molecule has 0 amide bonds. The fourth-order valence-electron chi connectivity index (χ4n) is 3.36. The van der Waals surface area contributed by atoms with E-state index in [-0.39, 0.29) is 5.41 Å². The summed E-state index contributed by atoms with van der Waals surface area (Å²) < 4.78 is 0. The van der Waals surface area contributed by atoms with Crippen LogP contribution in [0.1, 0.15) is 58.8 Å². The van der Waals surface area contributed by atoms with Gasteiger partial charge in [-0.25, -0.2) is 0 Å². The van der Waals surface area contributed by atoms with E-state index in [1.165, 1.54) is 12.0 Å². The molecule has 0 spiro atoms. The molecule has 0 heterocycles. The van der Waals surface area contributed by atoms with Gasteiger partial charge in [0, 0.05) is 12.8 Å². The first kappa shape index (κ1) is 12.5. The SMILES string of the molecule is CC(=O)CCC1CCC2=CC(=O)CCC2(C)C1. The maximum atomic E-state index is 11.4. The number of ketones is 2. The van der Waals surface area contributed by atoms with Gasteiger partial charge < -0.3 is 4.79 Å². The van der Waals surface area contributed by atoms with Gasteiger partial charge >= 0.3 is 0 Å². The Balaban J connectivity index is 2.01. The molecule has 2 atom stereocenters. The Morgan fingerprint density at radius 2 is 2.24 bits per heavy atom. The average molecular weight is 234 g/mol. The number of allylic oxidation sites excluding steroid dienone is 2. The van der Waals surface area contributed by atoms with Crippen LogP contribution in [0.15, 0.2) is 11.6 Å². The zero-order valence-electron chi connectivity index (χ0n) is 10.9. The third-order valence-corrected chi connectivity index (χ3v) is 4.50. The molecule has 2 nitrogen and oxygen atoms in total. The van der Waals surface area contributed by atoms with Gasteiger partial charge in [-0.1, -0.05) is 12.5 Å². The van der Waals surface area contributed by atoms with Crippen molar-refractivity contribution in [2.24, 2.45) is 11.3 Å². The van der Waals surface area contributed by atoms with Crippen LogP contribution in [0, 0.1) is 11.3 Å². The molecular weight excluding hydrogens is 212 g/mol. The summed E-state index contributed by atoms with van der Waals surface area (Å²) in [4.78, 5) is 22.5. The Morgan fingerprint density at radius 3 is 2.94 bits per heavy atom. The van der Waals surface area contributed by atoms with Gasteiger partial charge in [0.15, 0.2) is 5.78 Å². The molecule has 0 saturated heterocycles. The fourth-order valence-corrected chi connectivity index (χ4v) is 3.36. The van der Waals surface area contributed by atoms with Crippen molar-refractivity contribution in [2.75, 3.05) is 0 Å². The standard InChI is InChI=1S/C15H22O2/c1-11(16)3-4-12-5-6-13-9-14(17)7-8-15(13,2)10-12/h9,12H,3-8,10H2,1-2H3. The first-order valence-corrected chi connectivity index (χ1v) is 6.73. The quantitative estimate of drug-likeness (QED) is 0.749. The van der Waals surface area contributed by atoms with E-state index in [0.29, 0.717) is 23.9 Å². The van der Waals surface area contributed by atoms with Crippen LogP contribution >= 0.6 is 0 Å². The van der Waals surface area contributed by atoms with Crippen molar-refractivity contribution >= 4 is 11.6 Å². The minimum absolute atomic E-state index is 0.244. The number of carbonyl (C=O) groups is 2. The molecular formula is C15H22O2. The summed E-state index contributed by atoms with van der Waals surface area (Å²) in [6.07, 6.45) is 8.75. The number of fused-ring (bicyclic) bond motifs is 1. The summed E-state index contributed by atoms with van der Waals surface area (Å²) in [5.41, 5.74) is 1.61. The first-order chi connectivity index (χ1) is 7.99. The molecule has 0 aliphatic heterocycles. The van der Waals surface area contributed by atoms with Crippen LogP contribution in [-0.4, -0.2) is 11.6 Å². The topological polar surface area (TPSA) is 34.1 Å². The van der Waals surface area contributed by atoms with E-state index in [9.17, 15) is 9.59 Å². The van der Waals surface area contributed by atoms with E-state index in [1.54, 1.807) is 6.92 Å². The molecule has 2 aliphatic carbocycles. The Hall–Kier alpha value is -0.920. The minimum atomic E-state index is 0.244. The van der Waals surface area contributed by atoms with Gasteiger partial charge in [-0.3, -0.25) is 4.79 Å². The summed E-state index contributed by atoms with van der Waals surface area (Å²) in [6, 6.07) is 0. The maximum Gasteiger partial charge on any atom is 0.155 e. The highest BCUT2D eigenvalue weighted by atomic mass is 16.1. The van der Waals surface area contributed by atoms with Crippen molar-refractivity contribution in [3.05, 3.63) is 11.6 Å². The van der Waals surface area contributed by atoms with Gasteiger partial charge in [0.1, 0.15) is 5.78 Å². The molecule has 2 heteroatoms. The van der Waals surface area contributed by atoms with Crippen LogP contribution in [0.2, 0.25) is 0 Å². The lowest BCUT2D eigenvalue weighted by molar-refractivity contribution is -0.117. The van der Waals surface area contributed by atoms with Crippen LogP contribution in [0.25, 0.3) is 0 Å². The van der Waals surface area contributed by atoms with E-state index in [1.807, 2.05) is 6.08 Å². The second-order valence-corrected chi connectivity index (χ2v) is 6.05. The van der Waals surface area contributed by atoms with Crippen molar-refractivity contribution in [3.8, 4) is 0 Å². The molecule has 2 aliphatic rings. The second kappa shape index (κ2) is 4.75. The smallest absolute Gasteiger partial charge is 0.155 e.